The standard InChI is InChI=1S/C24H31NO7S/c1-24(2,3)19-6-8-20(9-7-19)31-15-16-32-23(26)18-5-10-21(29-4)22(17-18)33(27,28)25-11-13-30-14-12-25/h5-10,17H,11-16H2,1-4H3. The van der Waals surface area contributed by atoms with E-state index in [-0.39, 0.29) is 47.9 Å². The van der Waals surface area contributed by atoms with Gasteiger partial charge in [0.1, 0.15) is 29.6 Å². The molecule has 1 fully saturated rings. The molecule has 1 heterocycles. The smallest absolute Gasteiger partial charge is 0.338 e. The van der Waals surface area contributed by atoms with Crippen LogP contribution in [0.1, 0.15) is 36.7 Å². The lowest BCUT2D eigenvalue weighted by atomic mass is 9.87. The number of benzene rings is 2. The summed E-state index contributed by atoms with van der Waals surface area (Å²) >= 11 is 0. The highest BCUT2D eigenvalue weighted by Gasteiger charge is 2.30. The summed E-state index contributed by atoms with van der Waals surface area (Å²) in [6.07, 6.45) is 0. The van der Waals surface area contributed by atoms with Gasteiger partial charge in [0.05, 0.1) is 25.9 Å². The van der Waals surface area contributed by atoms with E-state index in [2.05, 4.69) is 20.8 Å². The monoisotopic (exact) mass is 477 g/mol. The van der Waals surface area contributed by atoms with Gasteiger partial charge >= 0.3 is 5.97 Å². The Morgan fingerprint density at radius 3 is 2.30 bits per heavy atom. The van der Waals surface area contributed by atoms with Crippen molar-refractivity contribution in [3.63, 3.8) is 0 Å². The second-order valence-electron chi connectivity index (χ2n) is 8.64. The van der Waals surface area contributed by atoms with E-state index in [1.165, 1.54) is 35.2 Å². The van der Waals surface area contributed by atoms with Crippen molar-refractivity contribution < 1.29 is 32.2 Å². The van der Waals surface area contributed by atoms with Crippen LogP contribution >= 0.6 is 0 Å². The van der Waals surface area contributed by atoms with Gasteiger partial charge in [-0.3, -0.25) is 0 Å². The number of nitrogens with zero attached hydrogens (tertiary/aromatic N) is 1. The summed E-state index contributed by atoms with van der Waals surface area (Å²) in [6, 6.07) is 12.0. The highest BCUT2D eigenvalue weighted by Crippen LogP contribution is 2.29. The first-order valence-corrected chi connectivity index (χ1v) is 12.2. The summed E-state index contributed by atoms with van der Waals surface area (Å²) < 4.78 is 48.8. The molecule has 1 saturated heterocycles. The third-order valence-electron chi connectivity index (χ3n) is 5.29. The molecule has 2 aromatic carbocycles. The summed E-state index contributed by atoms with van der Waals surface area (Å²) in [5.74, 6) is 0.213. The maximum absolute atomic E-state index is 13.1. The Kier molecular flexibility index (Phi) is 7.99. The Bertz CT molecular complexity index is 1050. The summed E-state index contributed by atoms with van der Waals surface area (Å²) in [7, 11) is -2.45. The molecule has 33 heavy (non-hydrogen) atoms. The van der Waals surface area contributed by atoms with Gasteiger partial charge in [-0.25, -0.2) is 13.2 Å². The van der Waals surface area contributed by atoms with E-state index in [1.807, 2.05) is 24.3 Å². The average Bonchev–Trinajstić information content (AvgIpc) is 2.81. The van der Waals surface area contributed by atoms with Gasteiger partial charge in [0.2, 0.25) is 10.0 Å². The summed E-state index contributed by atoms with van der Waals surface area (Å²) in [5.41, 5.74) is 1.38. The summed E-state index contributed by atoms with van der Waals surface area (Å²) in [6.45, 7) is 7.75. The Morgan fingerprint density at radius 1 is 1.03 bits per heavy atom. The minimum absolute atomic E-state index is 0.0252. The number of carbonyl (C=O) groups is 1. The number of carbonyl (C=O) groups excluding carboxylic acids is 1. The molecule has 0 radical (unpaired) electrons. The molecule has 8 nitrogen and oxygen atoms in total. The predicted molar refractivity (Wildman–Crippen MR) is 123 cm³/mol. The van der Waals surface area contributed by atoms with Crippen molar-refractivity contribution in [1.82, 2.24) is 4.31 Å². The van der Waals surface area contributed by atoms with Crippen molar-refractivity contribution in [2.24, 2.45) is 0 Å². The second kappa shape index (κ2) is 10.5. The van der Waals surface area contributed by atoms with Crippen molar-refractivity contribution in [2.45, 2.75) is 31.1 Å². The highest BCUT2D eigenvalue weighted by atomic mass is 32.2. The van der Waals surface area contributed by atoms with E-state index < -0.39 is 16.0 Å². The molecule has 0 spiro atoms. The van der Waals surface area contributed by atoms with Gasteiger partial charge in [0.15, 0.2) is 0 Å². The zero-order valence-corrected chi connectivity index (χ0v) is 20.3. The topological polar surface area (TPSA) is 91.4 Å². The van der Waals surface area contributed by atoms with Gasteiger partial charge < -0.3 is 18.9 Å². The highest BCUT2D eigenvalue weighted by molar-refractivity contribution is 7.89. The molecule has 0 saturated carbocycles. The molecule has 0 aromatic heterocycles. The Hall–Kier alpha value is -2.62. The fraction of sp³-hybridized carbons (Fsp3) is 0.458. The van der Waals surface area contributed by atoms with E-state index in [0.717, 1.165) is 0 Å². The Morgan fingerprint density at radius 2 is 1.70 bits per heavy atom. The first-order chi connectivity index (χ1) is 15.6. The summed E-state index contributed by atoms with van der Waals surface area (Å²) in [4.78, 5) is 12.4. The Balaban J connectivity index is 1.61. The van der Waals surface area contributed by atoms with E-state index >= 15 is 0 Å². The molecule has 2 aromatic rings. The minimum atomic E-state index is -3.84. The van der Waals surface area contributed by atoms with Crippen LogP contribution < -0.4 is 9.47 Å². The van der Waals surface area contributed by atoms with Crippen molar-refractivity contribution in [1.29, 1.82) is 0 Å². The lowest BCUT2D eigenvalue weighted by molar-refractivity contribution is 0.0450. The molecule has 0 amide bonds. The molecule has 0 bridgehead atoms. The number of sulfonamides is 1. The second-order valence-corrected chi connectivity index (χ2v) is 10.5. The molecule has 1 aliphatic rings. The average molecular weight is 478 g/mol. The molecular weight excluding hydrogens is 446 g/mol. The number of rotatable bonds is 8. The van der Waals surface area contributed by atoms with Gasteiger partial charge in [-0.05, 0) is 41.3 Å². The van der Waals surface area contributed by atoms with Crippen LogP contribution in [0.15, 0.2) is 47.4 Å². The quantitative estimate of drug-likeness (QED) is 0.426. The predicted octanol–water partition coefficient (Wildman–Crippen LogP) is 3.25. The molecule has 0 unspecified atom stereocenters. The maximum Gasteiger partial charge on any atom is 0.338 e. The van der Waals surface area contributed by atoms with Crippen LogP contribution in [0, 0.1) is 0 Å². The van der Waals surface area contributed by atoms with E-state index in [1.54, 1.807) is 0 Å². The number of hydrogen-bond donors (Lipinski definition) is 0. The van der Waals surface area contributed by atoms with Crippen molar-refractivity contribution >= 4 is 16.0 Å². The zero-order chi connectivity index (χ0) is 24.1. The summed E-state index contributed by atoms with van der Waals surface area (Å²) in [5, 5.41) is 0. The van der Waals surface area contributed by atoms with Crippen molar-refractivity contribution in [3.8, 4) is 11.5 Å². The van der Waals surface area contributed by atoms with Gasteiger partial charge in [0, 0.05) is 13.1 Å². The number of esters is 1. The van der Waals surface area contributed by atoms with E-state index in [9.17, 15) is 13.2 Å². The molecule has 180 valence electrons. The van der Waals surface area contributed by atoms with Crippen LogP contribution in [0.5, 0.6) is 11.5 Å². The van der Waals surface area contributed by atoms with Gasteiger partial charge in [-0.1, -0.05) is 32.9 Å². The van der Waals surface area contributed by atoms with Gasteiger partial charge in [-0.15, -0.1) is 0 Å². The molecular formula is C24H31NO7S. The normalized spacial score (nSPS) is 15.2. The minimum Gasteiger partial charge on any atom is -0.495 e. The van der Waals surface area contributed by atoms with Crippen molar-refractivity contribution in [2.75, 3.05) is 46.6 Å². The Labute approximate surface area is 195 Å². The van der Waals surface area contributed by atoms with E-state index in [4.69, 9.17) is 18.9 Å². The largest absolute Gasteiger partial charge is 0.495 e. The molecule has 0 N–H and O–H groups in total. The number of methoxy groups -OCH3 is 1. The third-order valence-corrected chi connectivity index (χ3v) is 7.21. The maximum atomic E-state index is 13.1. The van der Waals surface area contributed by atoms with Crippen LogP contribution in [0.2, 0.25) is 0 Å². The zero-order valence-electron chi connectivity index (χ0n) is 19.5. The van der Waals surface area contributed by atoms with Crippen LogP contribution in [0.4, 0.5) is 0 Å². The number of ether oxygens (including phenoxy) is 4. The lowest BCUT2D eigenvalue weighted by Gasteiger charge is -2.26. The fourth-order valence-corrected chi connectivity index (χ4v) is 4.95. The third kappa shape index (κ3) is 6.25. The molecule has 1 aliphatic heterocycles. The number of morpholine rings is 1. The van der Waals surface area contributed by atoms with Crippen LogP contribution in [-0.4, -0.2) is 65.3 Å². The van der Waals surface area contributed by atoms with Gasteiger partial charge in [0.25, 0.3) is 0 Å². The lowest BCUT2D eigenvalue weighted by Crippen LogP contribution is -2.40. The van der Waals surface area contributed by atoms with Crippen LogP contribution in [0.25, 0.3) is 0 Å². The van der Waals surface area contributed by atoms with E-state index in [0.29, 0.717) is 19.0 Å². The molecule has 0 aliphatic carbocycles. The first kappa shape index (κ1) is 25.0. The molecule has 0 atom stereocenters. The van der Waals surface area contributed by atoms with Crippen LogP contribution in [-0.2, 0) is 24.9 Å². The number of hydrogen-bond acceptors (Lipinski definition) is 7. The van der Waals surface area contributed by atoms with Crippen LogP contribution in [0.3, 0.4) is 0 Å². The fourth-order valence-electron chi connectivity index (χ4n) is 3.36. The van der Waals surface area contributed by atoms with Crippen molar-refractivity contribution in [3.05, 3.63) is 53.6 Å². The first-order valence-electron chi connectivity index (χ1n) is 10.8. The molecule has 3 rings (SSSR count). The SMILES string of the molecule is COc1ccc(C(=O)OCCOc2ccc(C(C)(C)C)cc2)cc1S(=O)(=O)N1CCOCC1. The molecule has 9 heteroatoms. The van der Waals surface area contributed by atoms with Gasteiger partial charge in [-0.2, -0.15) is 4.31 Å².